The van der Waals surface area contributed by atoms with E-state index in [1.807, 2.05) is 37.3 Å². The molecule has 0 unspecified atom stereocenters. The molecular formula is C25H24N4O4S. The molecule has 4 aromatic rings. The number of benzene rings is 2. The van der Waals surface area contributed by atoms with Crippen LogP contribution in [-0.2, 0) is 33.8 Å². The van der Waals surface area contributed by atoms with Crippen LogP contribution >= 0.6 is 11.3 Å². The molecule has 2 aromatic heterocycles. The molecule has 2 heterocycles. The van der Waals surface area contributed by atoms with Crippen molar-refractivity contribution in [3.8, 4) is 0 Å². The topological polar surface area (TPSA) is 114 Å². The van der Waals surface area contributed by atoms with Gasteiger partial charge < -0.3 is 15.0 Å². The van der Waals surface area contributed by atoms with Crippen molar-refractivity contribution >= 4 is 39.8 Å². The second-order valence-corrected chi connectivity index (χ2v) is 8.81. The normalized spacial score (nSPS) is 10.9. The fourth-order valence-corrected chi connectivity index (χ4v) is 4.13. The Kier molecular flexibility index (Phi) is 7.44. The van der Waals surface area contributed by atoms with Gasteiger partial charge in [0.05, 0.1) is 23.0 Å². The number of para-hydroxylation sites is 1. The molecule has 0 fully saturated rings. The summed E-state index contributed by atoms with van der Waals surface area (Å²) in [4.78, 5) is 48.0. The van der Waals surface area contributed by atoms with Crippen LogP contribution in [0, 0.1) is 6.92 Å². The van der Waals surface area contributed by atoms with Crippen molar-refractivity contribution in [2.75, 3.05) is 5.32 Å². The molecule has 4 rings (SSSR count). The van der Waals surface area contributed by atoms with E-state index in [1.165, 1.54) is 11.3 Å². The number of hydrogen-bond acceptors (Lipinski definition) is 7. The zero-order valence-corrected chi connectivity index (χ0v) is 19.5. The number of esters is 1. The maximum atomic E-state index is 12.2. The Bertz CT molecular complexity index is 1360. The van der Waals surface area contributed by atoms with Crippen molar-refractivity contribution in [1.82, 2.24) is 15.0 Å². The number of ether oxygens (including phenoxy) is 1. The molecule has 174 valence electrons. The van der Waals surface area contributed by atoms with E-state index in [-0.39, 0.29) is 36.9 Å². The van der Waals surface area contributed by atoms with E-state index in [2.05, 4.69) is 20.3 Å². The number of rotatable bonds is 9. The average molecular weight is 477 g/mol. The zero-order chi connectivity index (χ0) is 23.9. The lowest BCUT2D eigenvalue weighted by atomic mass is 10.2. The fraction of sp³-hybridized carbons (Fsp3) is 0.240. The molecule has 9 heteroatoms. The van der Waals surface area contributed by atoms with Crippen LogP contribution in [-0.4, -0.2) is 26.8 Å². The van der Waals surface area contributed by atoms with Gasteiger partial charge in [-0.3, -0.25) is 14.4 Å². The van der Waals surface area contributed by atoms with Crippen LogP contribution in [0.5, 0.6) is 0 Å². The lowest BCUT2D eigenvalue weighted by Crippen LogP contribution is -2.14. The molecule has 0 bridgehead atoms. The highest BCUT2D eigenvalue weighted by Gasteiger charge is 2.11. The summed E-state index contributed by atoms with van der Waals surface area (Å²) in [5, 5.41) is 5.82. The van der Waals surface area contributed by atoms with Crippen molar-refractivity contribution in [2.24, 2.45) is 0 Å². The van der Waals surface area contributed by atoms with E-state index < -0.39 is 0 Å². The number of H-pyrrole nitrogens is 1. The molecule has 0 aliphatic heterocycles. The third-order valence-electron chi connectivity index (χ3n) is 5.08. The van der Waals surface area contributed by atoms with Crippen molar-refractivity contribution in [2.45, 2.75) is 39.2 Å². The van der Waals surface area contributed by atoms with Crippen LogP contribution in [0.25, 0.3) is 10.9 Å². The number of thiazole rings is 1. The van der Waals surface area contributed by atoms with E-state index in [9.17, 15) is 14.4 Å². The monoisotopic (exact) mass is 476 g/mol. The average Bonchev–Trinajstić information content (AvgIpc) is 3.26. The Morgan fingerprint density at radius 1 is 1.09 bits per heavy atom. The molecule has 0 aliphatic rings. The predicted molar refractivity (Wildman–Crippen MR) is 131 cm³/mol. The molecule has 2 aromatic carbocycles. The predicted octanol–water partition coefficient (Wildman–Crippen LogP) is 3.94. The van der Waals surface area contributed by atoms with Gasteiger partial charge in [-0.25, -0.2) is 9.97 Å². The molecule has 0 saturated carbocycles. The van der Waals surface area contributed by atoms with Gasteiger partial charge in [0, 0.05) is 23.9 Å². The minimum Gasteiger partial charge on any atom is -0.459 e. The smallest absolute Gasteiger partial charge is 0.306 e. The van der Waals surface area contributed by atoms with Crippen LogP contribution in [0.1, 0.15) is 34.9 Å². The minimum atomic E-state index is -0.352. The summed E-state index contributed by atoms with van der Waals surface area (Å²) in [7, 11) is 0. The number of hydrogen-bond donors (Lipinski definition) is 2. The number of aromatic amines is 1. The highest BCUT2D eigenvalue weighted by atomic mass is 32.1. The summed E-state index contributed by atoms with van der Waals surface area (Å²) in [5.74, 6) is 0.0430. The molecule has 0 spiro atoms. The molecule has 1 amide bonds. The van der Waals surface area contributed by atoms with Crippen molar-refractivity contribution in [3.05, 3.63) is 86.4 Å². The summed E-state index contributed by atoms with van der Waals surface area (Å²) in [5.41, 5.74) is 2.92. The molecule has 8 nitrogen and oxygen atoms in total. The van der Waals surface area contributed by atoms with E-state index in [4.69, 9.17) is 4.74 Å². The first-order chi connectivity index (χ1) is 16.5. The number of fused-ring (bicyclic) bond motifs is 1. The molecule has 0 aliphatic carbocycles. The molecular weight excluding hydrogens is 452 g/mol. The first-order valence-corrected chi connectivity index (χ1v) is 11.8. The Morgan fingerprint density at radius 3 is 2.71 bits per heavy atom. The van der Waals surface area contributed by atoms with Gasteiger partial charge in [0.2, 0.25) is 5.91 Å². The molecule has 2 N–H and O–H groups in total. The number of carbonyl (C=O) groups excluding carboxylic acids is 2. The first-order valence-electron chi connectivity index (χ1n) is 10.9. The molecule has 34 heavy (non-hydrogen) atoms. The van der Waals surface area contributed by atoms with E-state index >= 15 is 0 Å². The number of amides is 1. The highest BCUT2D eigenvalue weighted by Crippen LogP contribution is 2.14. The fourth-order valence-electron chi connectivity index (χ4n) is 3.36. The van der Waals surface area contributed by atoms with Gasteiger partial charge in [0.15, 0.2) is 0 Å². The third-order valence-corrected chi connectivity index (χ3v) is 5.98. The summed E-state index contributed by atoms with van der Waals surface area (Å²) >= 11 is 1.35. The number of aromatic nitrogens is 3. The number of aryl methyl sites for hydroxylation is 2. The first kappa shape index (κ1) is 23.3. The van der Waals surface area contributed by atoms with E-state index in [0.29, 0.717) is 40.3 Å². The summed E-state index contributed by atoms with van der Waals surface area (Å²) < 4.78 is 5.30. The molecule has 0 atom stereocenters. The Hall–Kier alpha value is -3.85. The third kappa shape index (κ3) is 6.35. The second-order valence-electron chi connectivity index (χ2n) is 7.87. The van der Waals surface area contributed by atoms with Gasteiger partial charge in [-0.15, -0.1) is 11.3 Å². The Morgan fingerprint density at radius 2 is 1.88 bits per heavy atom. The van der Waals surface area contributed by atoms with Crippen molar-refractivity contribution < 1.29 is 14.3 Å². The highest BCUT2D eigenvalue weighted by molar-refractivity contribution is 7.09. The van der Waals surface area contributed by atoms with Crippen LogP contribution in [0.2, 0.25) is 0 Å². The zero-order valence-electron chi connectivity index (χ0n) is 18.7. The standard InChI is InChI=1S/C25H24N4O4S/c1-16-9-11-17(12-10-16)26-22(30)13-23-27-18(15-34-23)14-33-24(31)8-4-7-21-28-20-6-3-2-5-19(20)25(32)29-21/h2-3,5-6,9-12,15H,4,7-8,13-14H2,1H3,(H,26,30)(H,28,29,32). The van der Waals surface area contributed by atoms with Gasteiger partial charge >= 0.3 is 5.97 Å². The summed E-state index contributed by atoms with van der Waals surface area (Å²) in [6, 6.07) is 14.7. The largest absolute Gasteiger partial charge is 0.459 e. The quantitative estimate of drug-likeness (QED) is 0.354. The minimum absolute atomic E-state index is 0.0555. The van der Waals surface area contributed by atoms with E-state index in [0.717, 1.165) is 11.3 Å². The summed E-state index contributed by atoms with van der Waals surface area (Å²) in [6.45, 7) is 2.04. The Labute approximate surface area is 200 Å². The number of nitrogens with one attached hydrogen (secondary N) is 2. The van der Waals surface area contributed by atoms with Gasteiger partial charge in [0.25, 0.3) is 5.56 Å². The van der Waals surface area contributed by atoms with Crippen molar-refractivity contribution in [3.63, 3.8) is 0 Å². The number of nitrogens with zero attached hydrogens (tertiary/aromatic N) is 2. The van der Waals surface area contributed by atoms with Crippen LogP contribution in [0.3, 0.4) is 0 Å². The second kappa shape index (κ2) is 10.8. The maximum Gasteiger partial charge on any atom is 0.306 e. The van der Waals surface area contributed by atoms with Gasteiger partial charge in [-0.1, -0.05) is 29.8 Å². The SMILES string of the molecule is Cc1ccc(NC(=O)Cc2nc(COC(=O)CCCc3nc4ccccc4c(=O)[nH]3)cs2)cc1. The van der Waals surface area contributed by atoms with Gasteiger partial charge in [0.1, 0.15) is 17.4 Å². The lowest BCUT2D eigenvalue weighted by Gasteiger charge is -2.05. The van der Waals surface area contributed by atoms with Crippen LogP contribution in [0.15, 0.2) is 58.7 Å². The molecule has 0 saturated heterocycles. The Balaban J connectivity index is 1.20. The maximum absolute atomic E-state index is 12.2. The summed E-state index contributed by atoms with van der Waals surface area (Å²) in [6.07, 6.45) is 1.32. The van der Waals surface area contributed by atoms with Gasteiger partial charge in [-0.2, -0.15) is 0 Å². The number of carbonyl (C=O) groups is 2. The van der Waals surface area contributed by atoms with Crippen molar-refractivity contribution in [1.29, 1.82) is 0 Å². The van der Waals surface area contributed by atoms with Crippen LogP contribution in [0.4, 0.5) is 5.69 Å². The van der Waals surface area contributed by atoms with E-state index in [1.54, 1.807) is 23.6 Å². The lowest BCUT2D eigenvalue weighted by molar-refractivity contribution is -0.145. The molecule has 0 radical (unpaired) electrons. The number of anilines is 1. The van der Waals surface area contributed by atoms with Gasteiger partial charge in [-0.05, 0) is 37.6 Å². The van der Waals surface area contributed by atoms with Crippen LogP contribution < -0.4 is 10.9 Å².